The number of hydrogen-bond donors (Lipinski definition) is 0. The van der Waals surface area contributed by atoms with Crippen LogP contribution in [0.1, 0.15) is 53.4 Å². The zero-order chi connectivity index (χ0) is 12.3. The number of carbonyl (C=O) groups excluding carboxylic acids is 2. The Morgan fingerprint density at radius 1 is 1.50 bits per heavy atom. The molecule has 0 aromatic heterocycles. The molecule has 1 aliphatic rings. The Balaban J connectivity index is 2.68. The van der Waals surface area contributed by atoms with Crippen molar-refractivity contribution in [1.82, 2.24) is 4.90 Å². The molecule has 0 saturated carbocycles. The first-order chi connectivity index (χ1) is 7.35. The van der Waals surface area contributed by atoms with Gasteiger partial charge in [0.05, 0.1) is 0 Å². The quantitative estimate of drug-likeness (QED) is 0.728. The van der Waals surface area contributed by atoms with Crippen LogP contribution in [0.25, 0.3) is 0 Å². The van der Waals surface area contributed by atoms with Crippen molar-refractivity contribution in [2.75, 3.05) is 0 Å². The van der Waals surface area contributed by atoms with Gasteiger partial charge in [-0.3, -0.25) is 4.79 Å². The van der Waals surface area contributed by atoms with Crippen LogP contribution in [0.3, 0.4) is 0 Å². The van der Waals surface area contributed by atoms with Crippen molar-refractivity contribution in [1.29, 1.82) is 0 Å². The van der Waals surface area contributed by atoms with Gasteiger partial charge >= 0.3 is 6.09 Å². The summed E-state index contributed by atoms with van der Waals surface area (Å²) in [5, 5.41) is 0. The molecular formula is C12H21NO3. The van der Waals surface area contributed by atoms with E-state index in [1.165, 1.54) is 4.90 Å². The fourth-order valence-electron chi connectivity index (χ4n) is 1.91. The van der Waals surface area contributed by atoms with Crippen LogP contribution in [-0.4, -0.2) is 28.5 Å². The number of hydrogen-bond acceptors (Lipinski definition) is 3. The molecule has 1 rings (SSSR count). The first-order valence-electron chi connectivity index (χ1n) is 5.90. The number of ether oxygens (including phenoxy) is 1. The van der Waals surface area contributed by atoms with Gasteiger partial charge in [0, 0.05) is 12.5 Å². The van der Waals surface area contributed by atoms with Gasteiger partial charge < -0.3 is 4.74 Å². The summed E-state index contributed by atoms with van der Waals surface area (Å²) in [5.74, 6) is -0.104. The molecule has 1 saturated heterocycles. The van der Waals surface area contributed by atoms with E-state index in [9.17, 15) is 9.59 Å². The van der Waals surface area contributed by atoms with Crippen molar-refractivity contribution in [2.45, 2.75) is 65.0 Å². The third-order valence-corrected chi connectivity index (χ3v) is 2.54. The molecule has 1 fully saturated rings. The third-order valence-electron chi connectivity index (χ3n) is 2.54. The maximum Gasteiger partial charge on any atom is 0.417 e. The predicted octanol–water partition coefficient (Wildman–Crippen LogP) is 2.71. The fraction of sp³-hybridized carbons (Fsp3) is 0.833. The minimum atomic E-state index is -0.545. The Bertz CT molecular complexity index is 280. The molecule has 0 aromatic rings. The molecule has 0 bridgehead atoms. The highest BCUT2D eigenvalue weighted by atomic mass is 16.6. The monoisotopic (exact) mass is 227 g/mol. The van der Waals surface area contributed by atoms with Crippen molar-refractivity contribution in [2.24, 2.45) is 0 Å². The maximum atomic E-state index is 11.8. The molecule has 0 aromatic carbocycles. The normalized spacial score (nSPS) is 21.4. The summed E-state index contributed by atoms with van der Waals surface area (Å²) in [6.45, 7) is 7.47. The molecule has 0 unspecified atom stereocenters. The Kier molecular flexibility index (Phi) is 3.94. The van der Waals surface area contributed by atoms with Crippen LogP contribution >= 0.6 is 0 Å². The van der Waals surface area contributed by atoms with Crippen molar-refractivity contribution < 1.29 is 14.3 Å². The average molecular weight is 227 g/mol. The van der Waals surface area contributed by atoms with Crippen LogP contribution < -0.4 is 0 Å². The van der Waals surface area contributed by atoms with Gasteiger partial charge in [-0.25, -0.2) is 9.69 Å². The predicted molar refractivity (Wildman–Crippen MR) is 61.0 cm³/mol. The van der Waals surface area contributed by atoms with Crippen LogP contribution in [0.4, 0.5) is 4.79 Å². The van der Waals surface area contributed by atoms with E-state index in [4.69, 9.17) is 4.74 Å². The van der Waals surface area contributed by atoms with Crippen molar-refractivity contribution >= 4 is 12.0 Å². The topological polar surface area (TPSA) is 46.6 Å². The molecule has 0 N–H and O–H groups in total. The smallest absolute Gasteiger partial charge is 0.417 e. The maximum absolute atomic E-state index is 11.8. The van der Waals surface area contributed by atoms with E-state index in [0.29, 0.717) is 6.42 Å². The molecule has 0 radical (unpaired) electrons. The van der Waals surface area contributed by atoms with Gasteiger partial charge in [-0.1, -0.05) is 13.3 Å². The van der Waals surface area contributed by atoms with Gasteiger partial charge in [0.15, 0.2) is 0 Å². The van der Waals surface area contributed by atoms with E-state index in [0.717, 1.165) is 19.3 Å². The summed E-state index contributed by atoms with van der Waals surface area (Å²) in [5.41, 5.74) is -0.545. The third kappa shape index (κ3) is 3.22. The molecule has 0 aliphatic carbocycles. The van der Waals surface area contributed by atoms with Crippen molar-refractivity contribution in [3.8, 4) is 0 Å². The number of imide groups is 1. The van der Waals surface area contributed by atoms with Crippen LogP contribution in [0.5, 0.6) is 0 Å². The summed E-state index contributed by atoms with van der Waals surface area (Å²) in [6.07, 6.45) is 2.58. The van der Waals surface area contributed by atoms with Gasteiger partial charge in [-0.15, -0.1) is 0 Å². The summed E-state index contributed by atoms with van der Waals surface area (Å²) in [7, 11) is 0. The highest BCUT2D eigenvalue weighted by Crippen LogP contribution is 2.24. The average Bonchev–Trinajstić information content (AvgIpc) is 2.44. The van der Waals surface area contributed by atoms with E-state index in [1.807, 2.05) is 0 Å². The minimum absolute atomic E-state index is 0.0346. The second kappa shape index (κ2) is 4.85. The molecule has 1 heterocycles. The SMILES string of the molecule is CCC[C@H]1CCC(=O)N1C(=O)OC(C)(C)C. The molecule has 4 heteroatoms. The summed E-state index contributed by atoms with van der Waals surface area (Å²) < 4.78 is 5.23. The van der Waals surface area contributed by atoms with Crippen LogP contribution in [-0.2, 0) is 9.53 Å². The lowest BCUT2D eigenvalue weighted by Gasteiger charge is -2.27. The summed E-state index contributed by atoms with van der Waals surface area (Å²) >= 11 is 0. The van der Waals surface area contributed by atoms with Gasteiger partial charge in [0.1, 0.15) is 5.60 Å². The lowest BCUT2D eigenvalue weighted by Crippen LogP contribution is -2.42. The van der Waals surface area contributed by atoms with Gasteiger partial charge in [0.25, 0.3) is 0 Å². The Hall–Kier alpha value is -1.06. The first-order valence-corrected chi connectivity index (χ1v) is 5.90. The van der Waals surface area contributed by atoms with Crippen molar-refractivity contribution in [3.05, 3.63) is 0 Å². The van der Waals surface area contributed by atoms with Gasteiger partial charge in [-0.05, 0) is 33.6 Å². The van der Waals surface area contributed by atoms with Gasteiger partial charge in [0.2, 0.25) is 5.91 Å². The van der Waals surface area contributed by atoms with E-state index in [1.54, 1.807) is 20.8 Å². The van der Waals surface area contributed by atoms with Crippen molar-refractivity contribution in [3.63, 3.8) is 0 Å². The second-order valence-electron chi connectivity index (χ2n) is 5.23. The summed E-state index contributed by atoms with van der Waals surface area (Å²) in [6, 6.07) is 0.0346. The van der Waals surface area contributed by atoms with Gasteiger partial charge in [-0.2, -0.15) is 0 Å². The Morgan fingerprint density at radius 3 is 2.62 bits per heavy atom. The highest BCUT2D eigenvalue weighted by molar-refractivity contribution is 5.94. The van der Waals surface area contributed by atoms with Crippen LogP contribution in [0.15, 0.2) is 0 Å². The molecule has 1 atom stereocenters. The van der Waals surface area contributed by atoms with Crippen LogP contribution in [0.2, 0.25) is 0 Å². The minimum Gasteiger partial charge on any atom is -0.443 e. The largest absolute Gasteiger partial charge is 0.443 e. The second-order valence-corrected chi connectivity index (χ2v) is 5.23. The summed E-state index contributed by atoms with van der Waals surface area (Å²) in [4.78, 5) is 24.8. The molecule has 16 heavy (non-hydrogen) atoms. The number of rotatable bonds is 2. The lowest BCUT2D eigenvalue weighted by atomic mass is 10.1. The molecule has 0 spiro atoms. The zero-order valence-electron chi connectivity index (χ0n) is 10.6. The molecular weight excluding hydrogens is 206 g/mol. The molecule has 4 nitrogen and oxygen atoms in total. The number of carbonyl (C=O) groups is 2. The Morgan fingerprint density at radius 2 is 2.12 bits per heavy atom. The highest BCUT2D eigenvalue weighted by Gasteiger charge is 2.37. The molecule has 92 valence electrons. The molecule has 1 aliphatic heterocycles. The standard InChI is InChI=1S/C12H21NO3/c1-5-6-9-7-8-10(14)13(9)11(15)16-12(2,3)4/h9H,5-8H2,1-4H3/t9-/m0/s1. The number of amides is 2. The first kappa shape index (κ1) is 13.0. The van der Waals surface area contributed by atoms with E-state index in [2.05, 4.69) is 6.92 Å². The zero-order valence-corrected chi connectivity index (χ0v) is 10.6. The van der Waals surface area contributed by atoms with E-state index < -0.39 is 11.7 Å². The Labute approximate surface area is 96.9 Å². The number of nitrogens with zero attached hydrogens (tertiary/aromatic N) is 1. The van der Waals surface area contributed by atoms with E-state index in [-0.39, 0.29) is 11.9 Å². The lowest BCUT2D eigenvalue weighted by molar-refractivity contribution is -0.128. The molecule has 2 amide bonds. The van der Waals surface area contributed by atoms with E-state index >= 15 is 0 Å². The fourth-order valence-corrected chi connectivity index (χ4v) is 1.91. The van der Waals surface area contributed by atoms with Crippen LogP contribution in [0, 0.1) is 0 Å². The number of likely N-dealkylation sites (tertiary alicyclic amines) is 1.